The molecule has 1 aliphatic heterocycles. The maximum atomic E-state index is 12.5. The second-order valence-corrected chi connectivity index (χ2v) is 8.70. The average molecular weight is 516 g/mol. The van der Waals surface area contributed by atoms with Crippen LogP contribution in [0.25, 0.3) is 6.08 Å². The minimum atomic E-state index is -1.15. The van der Waals surface area contributed by atoms with Crippen molar-refractivity contribution in [1.82, 2.24) is 5.32 Å². The van der Waals surface area contributed by atoms with Gasteiger partial charge in [0.15, 0.2) is 0 Å². The predicted molar refractivity (Wildman–Crippen MR) is 136 cm³/mol. The van der Waals surface area contributed by atoms with Gasteiger partial charge < -0.3 is 19.9 Å². The monoisotopic (exact) mass is 515 g/mol. The third kappa shape index (κ3) is 7.31. The average Bonchev–Trinajstić information content (AvgIpc) is 3.05. The number of hydrogen-bond donors (Lipinski definition) is 2. The molecule has 2 aromatic carbocycles. The molecule has 1 heterocycles. The molecule has 0 bridgehead atoms. The summed E-state index contributed by atoms with van der Waals surface area (Å²) in [5, 5.41) is 12.3. The Hall–Kier alpha value is -1.38. The molecule has 1 aliphatic rings. The number of nitrogens with one attached hydrogen (secondary N) is 1. The molecule has 9 heteroatoms. The molecule has 2 atom stereocenters. The minimum absolute atomic E-state index is 0. The molecule has 178 valence electrons. The quantitative estimate of drug-likeness (QED) is 0.498. The van der Waals surface area contributed by atoms with E-state index in [0.717, 1.165) is 37.0 Å². The van der Waals surface area contributed by atoms with E-state index in [-0.39, 0.29) is 57.2 Å². The Bertz CT molecular complexity index is 985. The number of benzene rings is 2. The fourth-order valence-electron chi connectivity index (χ4n) is 3.94. The number of halogens is 2. The molecule has 34 heavy (non-hydrogen) atoms. The van der Waals surface area contributed by atoms with E-state index >= 15 is 0 Å². The zero-order valence-electron chi connectivity index (χ0n) is 18.4. The number of carbonyl (C=O) groups excluding carboxylic acids is 1. The summed E-state index contributed by atoms with van der Waals surface area (Å²) >= 11 is 12.1. The number of amides is 1. The van der Waals surface area contributed by atoms with Crippen LogP contribution in [0.5, 0.6) is 0 Å². The van der Waals surface area contributed by atoms with Gasteiger partial charge in [0.25, 0.3) is 5.91 Å². The molecule has 2 unspecified atom stereocenters. The topological polar surface area (TPSA) is 84.9 Å². The van der Waals surface area contributed by atoms with Crippen molar-refractivity contribution in [2.24, 2.45) is 0 Å². The molecule has 0 aliphatic carbocycles. The molecule has 0 aromatic heterocycles. The molecular weight excluding hydrogens is 488 g/mol. The Balaban J connectivity index is 0.00000408. The van der Waals surface area contributed by atoms with E-state index in [1.807, 2.05) is 30.3 Å². The first-order valence-corrected chi connectivity index (χ1v) is 11.5. The van der Waals surface area contributed by atoms with Crippen molar-refractivity contribution in [3.8, 4) is 0 Å². The molecule has 0 radical (unpaired) electrons. The molecule has 6 nitrogen and oxygen atoms in total. The van der Waals surface area contributed by atoms with E-state index in [9.17, 15) is 14.7 Å². The summed E-state index contributed by atoms with van der Waals surface area (Å²) in [5.41, 5.74) is 1.72. The Morgan fingerprint density at radius 2 is 1.82 bits per heavy atom. The zero-order valence-corrected chi connectivity index (χ0v) is 19.9. The third-order valence-electron chi connectivity index (χ3n) is 5.82. The molecule has 1 saturated heterocycles. The number of carboxylic acid groups (broad SMARTS) is 1. The van der Waals surface area contributed by atoms with E-state index in [2.05, 4.69) is 5.32 Å². The van der Waals surface area contributed by atoms with Crippen molar-refractivity contribution < 1.29 is 24.2 Å². The molecule has 3 rings (SSSR count). The molecule has 1 amide bonds. The van der Waals surface area contributed by atoms with Crippen LogP contribution in [0, 0.1) is 0 Å². The van der Waals surface area contributed by atoms with Gasteiger partial charge in [-0.15, -0.1) is 0 Å². The summed E-state index contributed by atoms with van der Waals surface area (Å²) in [4.78, 5) is 24.2. The van der Waals surface area contributed by atoms with Crippen molar-refractivity contribution in [2.75, 3.05) is 20.3 Å². The zero-order chi connectivity index (χ0) is 23.8. The first kappa shape index (κ1) is 28.9. The van der Waals surface area contributed by atoms with Crippen LogP contribution < -0.4 is 5.32 Å². The number of carbonyl (C=O) groups is 2. The summed E-state index contributed by atoms with van der Waals surface area (Å²) in [5.74, 6) is -1.78. The number of carboxylic acids is 1. The van der Waals surface area contributed by atoms with Crippen LogP contribution in [0.15, 0.2) is 48.5 Å². The van der Waals surface area contributed by atoms with Gasteiger partial charge in [-0.05, 0) is 42.5 Å². The third-order valence-corrected chi connectivity index (χ3v) is 6.45. The predicted octanol–water partition coefficient (Wildman–Crippen LogP) is 4.67. The summed E-state index contributed by atoms with van der Waals surface area (Å²) in [6.45, 7) is 1.41. The SMILES string of the molecule is COC1(c2ccc(C=CCC(NC(=O)c3c(Cl)cccc3Cl)C(=O)O)cc2)CCCOCC1.[NaH]. The van der Waals surface area contributed by atoms with E-state index in [4.69, 9.17) is 32.7 Å². The Morgan fingerprint density at radius 1 is 1.15 bits per heavy atom. The fraction of sp³-hybridized carbons (Fsp3) is 0.360. The summed E-state index contributed by atoms with van der Waals surface area (Å²) in [7, 11) is 1.73. The molecule has 2 N–H and O–H groups in total. The van der Waals surface area contributed by atoms with Crippen LogP contribution in [0.1, 0.15) is 47.2 Å². The molecule has 0 saturated carbocycles. The van der Waals surface area contributed by atoms with Gasteiger partial charge in [-0.25, -0.2) is 4.79 Å². The van der Waals surface area contributed by atoms with Gasteiger partial charge in [0.2, 0.25) is 0 Å². The van der Waals surface area contributed by atoms with Gasteiger partial charge in [-0.2, -0.15) is 0 Å². The van der Waals surface area contributed by atoms with E-state index in [1.165, 1.54) is 12.1 Å². The summed E-state index contributed by atoms with van der Waals surface area (Å²) < 4.78 is 11.5. The van der Waals surface area contributed by atoms with E-state index in [1.54, 1.807) is 19.3 Å². The summed E-state index contributed by atoms with van der Waals surface area (Å²) in [6.07, 6.45) is 6.28. The maximum absolute atomic E-state index is 12.5. The van der Waals surface area contributed by atoms with E-state index in [0.29, 0.717) is 6.61 Å². The number of hydrogen-bond acceptors (Lipinski definition) is 4. The number of methoxy groups -OCH3 is 1. The standard InChI is InChI=1S/C25H27Cl2NO5.Na.H/c1-32-25(13-4-15-33-16-14-25)18-11-9-17(10-12-18)5-2-8-21(24(30)31)28-23(29)22-19(26)6-3-7-20(22)27;;/h2-3,5-7,9-12,21H,4,8,13-16H2,1H3,(H,28,29)(H,30,31);;. The van der Waals surface area contributed by atoms with Crippen LogP contribution in [0.3, 0.4) is 0 Å². The van der Waals surface area contributed by atoms with Crippen LogP contribution in [-0.2, 0) is 19.9 Å². The normalized spacial score (nSPS) is 19.1. The second kappa shape index (κ2) is 13.6. The number of rotatable bonds is 8. The molecule has 1 fully saturated rings. The van der Waals surface area contributed by atoms with E-state index < -0.39 is 17.9 Å². The Labute approximate surface area is 231 Å². The van der Waals surface area contributed by atoms with Gasteiger partial charge in [0.05, 0.1) is 21.2 Å². The Morgan fingerprint density at radius 3 is 2.44 bits per heavy atom. The van der Waals surface area contributed by atoms with Crippen molar-refractivity contribution in [2.45, 2.75) is 37.3 Å². The van der Waals surface area contributed by atoms with Gasteiger partial charge in [0.1, 0.15) is 6.04 Å². The van der Waals surface area contributed by atoms with Gasteiger partial charge in [-0.3, -0.25) is 4.79 Å². The van der Waals surface area contributed by atoms with Crippen LogP contribution in [0.4, 0.5) is 0 Å². The first-order valence-electron chi connectivity index (χ1n) is 10.7. The Kier molecular flexibility index (Phi) is 11.6. The van der Waals surface area contributed by atoms with Gasteiger partial charge >= 0.3 is 35.5 Å². The van der Waals surface area contributed by atoms with Gasteiger partial charge in [0, 0.05) is 26.7 Å². The first-order chi connectivity index (χ1) is 15.9. The van der Waals surface area contributed by atoms with Gasteiger partial charge in [-0.1, -0.05) is 65.7 Å². The van der Waals surface area contributed by atoms with Crippen LogP contribution in [0.2, 0.25) is 10.0 Å². The number of ether oxygens (including phenoxy) is 2. The van der Waals surface area contributed by atoms with Crippen molar-refractivity contribution in [1.29, 1.82) is 0 Å². The van der Waals surface area contributed by atoms with Crippen molar-refractivity contribution in [3.63, 3.8) is 0 Å². The molecule has 2 aromatic rings. The molecule has 0 spiro atoms. The summed E-state index contributed by atoms with van der Waals surface area (Å²) in [6, 6.07) is 11.5. The number of aliphatic carboxylic acids is 1. The molecular formula is C25H28Cl2NNaO5. The van der Waals surface area contributed by atoms with Crippen LogP contribution in [-0.4, -0.2) is 72.9 Å². The van der Waals surface area contributed by atoms with Crippen molar-refractivity contribution >= 4 is 70.7 Å². The second-order valence-electron chi connectivity index (χ2n) is 7.89. The van der Waals surface area contributed by atoms with Crippen LogP contribution >= 0.6 is 23.2 Å². The van der Waals surface area contributed by atoms with Crippen molar-refractivity contribution in [3.05, 3.63) is 75.3 Å². The fourth-order valence-corrected chi connectivity index (χ4v) is 4.51.